The summed E-state index contributed by atoms with van der Waals surface area (Å²) < 4.78 is 5.04. The van der Waals surface area contributed by atoms with Crippen molar-refractivity contribution in [3.63, 3.8) is 0 Å². The quantitative estimate of drug-likeness (QED) is 0.431. The van der Waals surface area contributed by atoms with E-state index >= 15 is 0 Å². The average molecular weight is 206 g/mol. The lowest BCUT2D eigenvalue weighted by Gasteiger charge is -2.08. The summed E-state index contributed by atoms with van der Waals surface area (Å²) in [6.07, 6.45) is 0.352. The first-order valence-corrected chi connectivity index (χ1v) is 4.94. The van der Waals surface area contributed by atoms with Gasteiger partial charge in [-0.15, -0.1) is 0 Å². The average Bonchev–Trinajstić information content (AvgIpc) is 2.28. The zero-order valence-corrected chi connectivity index (χ0v) is 8.90. The van der Waals surface area contributed by atoms with Gasteiger partial charge in [-0.1, -0.05) is 25.1 Å². The van der Waals surface area contributed by atoms with Gasteiger partial charge < -0.3 is 4.74 Å². The van der Waals surface area contributed by atoms with Crippen molar-refractivity contribution in [3.8, 4) is 5.75 Å². The molecule has 1 aromatic carbocycles. The normalized spacial score (nSPS) is 11.9. The second-order valence-corrected chi connectivity index (χ2v) is 3.28. The van der Waals surface area contributed by atoms with Crippen molar-refractivity contribution in [3.05, 3.63) is 30.3 Å². The highest BCUT2D eigenvalue weighted by atomic mass is 16.5. The van der Waals surface area contributed by atoms with Crippen LogP contribution in [0.4, 0.5) is 0 Å². The number of carbonyl (C=O) groups is 2. The Bertz CT molecular complexity index is 343. The van der Waals surface area contributed by atoms with Gasteiger partial charge in [0.2, 0.25) is 0 Å². The monoisotopic (exact) mass is 206 g/mol. The molecule has 1 rings (SSSR count). The van der Waals surface area contributed by atoms with Crippen LogP contribution in [-0.2, 0) is 9.59 Å². The molecule has 0 spiro atoms. The van der Waals surface area contributed by atoms with Crippen molar-refractivity contribution >= 4 is 11.8 Å². The van der Waals surface area contributed by atoms with Crippen LogP contribution < -0.4 is 4.74 Å². The molecule has 0 saturated heterocycles. The maximum atomic E-state index is 11.5. The SMILES string of the molecule is CCC(=O)C(C)C(=O)Oc1ccccc1. The Kier molecular flexibility index (Phi) is 4.03. The number of hydrogen-bond acceptors (Lipinski definition) is 3. The second-order valence-electron chi connectivity index (χ2n) is 3.28. The van der Waals surface area contributed by atoms with Gasteiger partial charge in [-0.25, -0.2) is 0 Å². The number of esters is 1. The third-order valence-electron chi connectivity index (χ3n) is 2.15. The summed E-state index contributed by atoms with van der Waals surface area (Å²) in [5.41, 5.74) is 0. The van der Waals surface area contributed by atoms with Crippen LogP contribution in [0.5, 0.6) is 5.75 Å². The predicted octanol–water partition coefficient (Wildman–Crippen LogP) is 2.21. The minimum Gasteiger partial charge on any atom is -0.426 e. The van der Waals surface area contributed by atoms with Crippen molar-refractivity contribution in [1.82, 2.24) is 0 Å². The number of ether oxygens (including phenoxy) is 1. The van der Waals surface area contributed by atoms with Crippen LogP contribution >= 0.6 is 0 Å². The smallest absolute Gasteiger partial charge is 0.321 e. The highest BCUT2D eigenvalue weighted by molar-refractivity contribution is 5.99. The highest BCUT2D eigenvalue weighted by Crippen LogP contribution is 2.12. The van der Waals surface area contributed by atoms with Crippen molar-refractivity contribution in [2.45, 2.75) is 20.3 Å². The van der Waals surface area contributed by atoms with E-state index in [2.05, 4.69) is 0 Å². The maximum absolute atomic E-state index is 11.5. The van der Waals surface area contributed by atoms with E-state index in [9.17, 15) is 9.59 Å². The van der Waals surface area contributed by atoms with E-state index in [1.165, 1.54) is 0 Å². The van der Waals surface area contributed by atoms with Crippen molar-refractivity contribution < 1.29 is 14.3 Å². The van der Waals surface area contributed by atoms with Gasteiger partial charge in [-0.3, -0.25) is 9.59 Å². The topological polar surface area (TPSA) is 43.4 Å². The summed E-state index contributed by atoms with van der Waals surface area (Å²) in [6.45, 7) is 3.30. The van der Waals surface area contributed by atoms with E-state index in [1.807, 2.05) is 6.07 Å². The Balaban J connectivity index is 2.60. The number of Topliss-reactive ketones (excluding diaryl/α,β-unsaturated/α-hetero) is 1. The molecule has 0 N–H and O–H groups in total. The fraction of sp³-hybridized carbons (Fsp3) is 0.333. The third kappa shape index (κ3) is 3.20. The summed E-state index contributed by atoms with van der Waals surface area (Å²) in [5.74, 6) is -0.808. The summed E-state index contributed by atoms with van der Waals surface area (Å²) in [4.78, 5) is 22.7. The Morgan fingerprint density at radius 3 is 2.40 bits per heavy atom. The molecule has 15 heavy (non-hydrogen) atoms. The minimum atomic E-state index is -0.685. The van der Waals surface area contributed by atoms with Gasteiger partial charge in [0.1, 0.15) is 17.5 Å². The molecule has 0 fully saturated rings. The second kappa shape index (κ2) is 5.29. The van der Waals surface area contributed by atoms with E-state index in [1.54, 1.807) is 38.1 Å². The zero-order valence-electron chi connectivity index (χ0n) is 8.90. The highest BCUT2D eigenvalue weighted by Gasteiger charge is 2.21. The molecule has 0 aliphatic carbocycles. The van der Waals surface area contributed by atoms with E-state index in [4.69, 9.17) is 4.74 Å². The van der Waals surface area contributed by atoms with Crippen LogP contribution in [0.1, 0.15) is 20.3 Å². The minimum absolute atomic E-state index is 0.101. The molecule has 3 heteroatoms. The number of para-hydroxylation sites is 1. The largest absolute Gasteiger partial charge is 0.426 e. The first kappa shape index (κ1) is 11.4. The van der Waals surface area contributed by atoms with E-state index < -0.39 is 11.9 Å². The number of hydrogen-bond donors (Lipinski definition) is 0. The van der Waals surface area contributed by atoms with Crippen LogP contribution in [0.25, 0.3) is 0 Å². The molecule has 1 aromatic rings. The van der Waals surface area contributed by atoms with E-state index in [0.717, 1.165) is 0 Å². The van der Waals surface area contributed by atoms with Crippen molar-refractivity contribution in [2.75, 3.05) is 0 Å². The van der Waals surface area contributed by atoms with Gasteiger partial charge in [0.05, 0.1) is 0 Å². The lowest BCUT2D eigenvalue weighted by atomic mass is 10.1. The molecule has 1 unspecified atom stereocenters. The number of benzene rings is 1. The zero-order chi connectivity index (χ0) is 11.3. The van der Waals surface area contributed by atoms with Gasteiger partial charge in [-0.05, 0) is 19.1 Å². The van der Waals surface area contributed by atoms with Gasteiger partial charge in [0.15, 0.2) is 0 Å². The summed E-state index contributed by atoms with van der Waals surface area (Å²) in [7, 11) is 0. The fourth-order valence-electron chi connectivity index (χ4n) is 1.13. The molecule has 0 radical (unpaired) electrons. The lowest BCUT2D eigenvalue weighted by Crippen LogP contribution is -2.24. The molecule has 0 aromatic heterocycles. The Morgan fingerprint density at radius 2 is 1.87 bits per heavy atom. The Hall–Kier alpha value is -1.64. The first-order valence-electron chi connectivity index (χ1n) is 4.94. The standard InChI is InChI=1S/C12H14O3/c1-3-11(13)9(2)12(14)15-10-7-5-4-6-8-10/h4-9H,3H2,1-2H3. The molecule has 0 amide bonds. The number of ketones is 1. The Labute approximate surface area is 89.1 Å². The predicted molar refractivity (Wildman–Crippen MR) is 56.5 cm³/mol. The molecule has 0 bridgehead atoms. The molecule has 80 valence electrons. The van der Waals surface area contributed by atoms with Gasteiger partial charge in [0, 0.05) is 6.42 Å². The van der Waals surface area contributed by atoms with Crippen LogP contribution in [0.2, 0.25) is 0 Å². The van der Waals surface area contributed by atoms with Crippen LogP contribution in [0.3, 0.4) is 0 Å². The molecule has 0 aliphatic rings. The fourth-order valence-corrected chi connectivity index (χ4v) is 1.13. The maximum Gasteiger partial charge on any atom is 0.321 e. The third-order valence-corrected chi connectivity index (χ3v) is 2.15. The van der Waals surface area contributed by atoms with Crippen molar-refractivity contribution in [2.24, 2.45) is 5.92 Å². The van der Waals surface area contributed by atoms with Crippen LogP contribution in [0, 0.1) is 5.92 Å². The Morgan fingerprint density at radius 1 is 1.27 bits per heavy atom. The van der Waals surface area contributed by atoms with E-state index in [-0.39, 0.29) is 5.78 Å². The van der Waals surface area contributed by atoms with Gasteiger partial charge >= 0.3 is 5.97 Å². The lowest BCUT2D eigenvalue weighted by molar-refractivity contribution is -0.143. The number of rotatable bonds is 4. The molecular weight excluding hydrogens is 192 g/mol. The summed E-state index contributed by atoms with van der Waals surface area (Å²) in [6, 6.07) is 8.74. The van der Waals surface area contributed by atoms with Crippen LogP contribution in [-0.4, -0.2) is 11.8 Å². The molecule has 0 aliphatic heterocycles. The first-order chi connectivity index (χ1) is 7.15. The summed E-state index contributed by atoms with van der Waals surface area (Å²) in [5, 5.41) is 0. The van der Waals surface area contributed by atoms with E-state index in [0.29, 0.717) is 12.2 Å². The molecule has 0 saturated carbocycles. The molecule has 0 heterocycles. The van der Waals surface area contributed by atoms with Gasteiger partial charge in [-0.2, -0.15) is 0 Å². The molecule has 1 atom stereocenters. The summed E-state index contributed by atoms with van der Waals surface area (Å²) >= 11 is 0. The van der Waals surface area contributed by atoms with Crippen LogP contribution in [0.15, 0.2) is 30.3 Å². The molecular formula is C12H14O3. The number of carbonyl (C=O) groups excluding carboxylic acids is 2. The molecule has 3 nitrogen and oxygen atoms in total. The van der Waals surface area contributed by atoms with Crippen molar-refractivity contribution in [1.29, 1.82) is 0 Å². The van der Waals surface area contributed by atoms with Gasteiger partial charge in [0.25, 0.3) is 0 Å².